The lowest BCUT2D eigenvalue weighted by atomic mass is 10.1. The van der Waals surface area contributed by atoms with E-state index in [1.54, 1.807) is 12.1 Å². The number of hydrogen-bond donors (Lipinski definition) is 1. The van der Waals surface area contributed by atoms with E-state index in [4.69, 9.17) is 0 Å². The van der Waals surface area contributed by atoms with Crippen LogP contribution in [0.4, 0.5) is 8.78 Å². The Morgan fingerprint density at radius 1 is 1.20 bits per heavy atom. The topological polar surface area (TPSA) is 37.9 Å². The summed E-state index contributed by atoms with van der Waals surface area (Å²) < 4.78 is 28.3. The molecule has 1 aromatic carbocycles. The Hall–Kier alpha value is -1.91. The van der Waals surface area contributed by atoms with Crippen LogP contribution in [0.3, 0.4) is 0 Å². The number of alkyl halides is 2. The van der Waals surface area contributed by atoms with Crippen LogP contribution < -0.4 is 4.74 Å². The molecule has 3 nitrogen and oxygen atoms in total. The molecule has 15 heavy (non-hydrogen) atoms. The van der Waals surface area contributed by atoms with Gasteiger partial charge >= 0.3 is 6.61 Å². The molecule has 0 unspecified atom stereocenters. The Balaban J connectivity index is 2.33. The quantitative estimate of drug-likeness (QED) is 0.845. The van der Waals surface area contributed by atoms with Crippen LogP contribution in [0.25, 0.3) is 11.1 Å². The number of aromatic amines is 1. The highest BCUT2D eigenvalue weighted by Crippen LogP contribution is 2.28. The molecule has 2 aromatic rings. The van der Waals surface area contributed by atoms with Crippen LogP contribution in [0.5, 0.6) is 5.88 Å². The highest BCUT2D eigenvalue weighted by molar-refractivity contribution is 5.67. The lowest BCUT2D eigenvalue weighted by Crippen LogP contribution is -2.03. The van der Waals surface area contributed by atoms with E-state index in [0.717, 1.165) is 5.56 Å². The van der Waals surface area contributed by atoms with Gasteiger partial charge in [-0.25, -0.2) is 5.10 Å². The van der Waals surface area contributed by atoms with Crippen LogP contribution in [-0.2, 0) is 0 Å². The minimum absolute atomic E-state index is 0.0174. The van der Waals surface area contributed by atoms with Crippen molar-refractivity contribution in [2.24, 2.45) is 0 Å². The summed E-state index contributed by atoms with van der Waals surface area (Å²) in [5.41, 5.74) is 1.30. The molecule has 1 heterocycles. The number of H-pyrrole nitrogens is 1. The number of hydrogen-bond acceptors (Lipinski definition) is 2. The maximum Gasteiger partial charge on any atom is 0.388 e. The molecule has 0 amide bonds. The smallest absolute Gasteiger partial charge is 0.388 e. The van der Waals surface area contributed by atoms with Crippen LogP contribution in [0.15, 0.2) is 36.5 Å². The number of aromatic nitrogens is 2. The SMILES string of the molecule is FC(F)Oc1[nH]ncc1-c1ccccc1. The van der Waals surface area contributed by atoms with E-state index in [0.29, 0.717) is 5.56 Å². The summed E-state index contributed by atoms with van der Waals surface area (Å²) in [6.07, 6.45) is 1.45. The van der Waals surface area contributed by atoms with E-state index in [-0.39, 0.29) is 5.88 Å². The average molecular weight is 210 g/mol. The van der Waals surface area contributed by atoms with Crippen LogP contribution in [0, 0.1) is 0 Å². The molecule has 0 saturated heterocycles. The molecule has 0 aliphatic heterocycles. The Bertz CT molecular complexity index is 428. The van der Waals surface area contributed by atoms with Crippen molar-refractivity contribution in [1.29, 1.82) is 0 Å². The van der Waals surface area contributed by atoms with Crippen molar-refractivity contribution >= 4 is 0 Å². The van der Waals surface area contributed by atoms with Gasteiger partial charge in [0.05, 0.1) is 11.8 Å². The number of nitrogens with zero attached hydrogens (tertiary/aromatic N) is 1. The molecular formula is C10H8F2N2O. The Morgan fingerprint density at radius 3 is 2.60 bits per heavy atom. The van der Waals surface area contributed by atoms with Gasteiger partial charge in [0.2, 0.25) is 5.88 Å². The number of halogens is 2. The summed E-state index contributed by atoms with van der Waals surface area (Å²) >= 11 is 0. The second-order valence-electron chi connectivity index (χ2n) is 2.86. The fourth-order valence-electron chi connectivity index (χ4n) is 1.28. The van der Waals surface area contributed by atoms with Gasteiger partial charge in [0.15, 0.2) is 0 Å². The normalized spacial score (nSPS) is 10.6. The lowest BCUT2D eigenvalue weighted by molar-refractivity contribution is -0.0524. The molecule has 0 fully saturated rings. The Labute approximate surface area is 84.7 Å². The molecule has 0 saturated carbocycles. The van der Waals surface area contributed by atoms with Gasteiger partial charge in [-0.3, -0.25) is 0 Å². The molecule has 0 radical (unpaired) electrons. The van der Waals surface area contributed by atoms with E-state index >= 15 is 0 Å². The molecule has 1 N–H and O–H groups in total. The maximum atomic E-state index is 12.0. The molecule has 0 aliphatic rings. The standard InChI is InChI=1S/C10H8F2N2O/c11-10(12)15-9-8(6-13-14-9)7-4-2-1-3-5-7/h1-6,10H,(H,13,14). The first-order chi connectivity index (χ1) is 7.27. The molecule has 5 heteroatoms. The van der Waals surface area contributed by atoms with Gasteiger partial charge in [-0.05, 0) is 5.56 Å². The van der Waals surface area contributed by atoms with Crippen molar-refractivity contribution < 1.29 is 13.5 Å². The summed E-state index contributed by atoms with van der Waals surface area (Å²) in [6, 6.07) is 9.06. The van der Waals surface area contributed by atoms with Crippen molar-refractivity contribution in [2.45, 2.75) is 6.61 Å². The van der Waals surface area contributed by atoms with Crippen molar-refractivity contribution in [3.8, 4) is 17.0 Å². The zero-order valence-electron chi connectivity index (χ0n) is 7.65. The minimum atomic E-state index is -2.85. The summed E-state index contributed by atoms with van der Waals surface area (Å²) in [5, 5.41) is 6.05. The van der Waals surface area contributed by atoms with Gasteiger partial charge < -0.3 is 4.74 Å². The van der Waals surface area contributed by atoms with Gasteiger partial charge in [-0.1, -0.05) is 30.3 Å². The third-order valence-corrected chi connectivity index (χ3v) is 1.90. The third kappa shape index (κ3) is 2.12. The number of rotatable bonds is 3. The number of benzene rings is 1. The predicted molar refractivity (Wildman–Crippen MR) is 50.7 cm³/mol. The molecular weight excluding hydrogens is 202 g/mol. The van der Waals surface area contributed by atoms with E-state index in [2.05, 4.69) is 14.9 Å². The van der Waals surface area contributed by atoms with E-state index in [1.807, 2.05) is 18.2 Å². The lowest BCUT2D eigenvalue weighted by Gasteiger charge is -2.04. The molecule has 0 atom stereocenters. The first-order valence-electron chi connectivity index (χ1n) is 4.31. The fourth-order valence-corrected chi connectivity index (χ4v) is 1.28. The van der Waals surface area contributed by atoms with Crippen LogP contribution >= 0.6 is 0 Å². The zero-order chi connectivity index (χ0) is 10.7. The van der Waals surface area contributed by atoms with Gasteiger partial charge in [-0.15, -0.1) is 0 Å². The van der Waals surface area contributed by atoms with E-state index in [9.17, 15) is 8.78 Å². The molecule has 1 aromatic heterocycles. The Kier molecular flexibility index (Phi) is 2.62. The van der Waals surface area contributed by atoms with Crippen LogP contribution in [0.2, 0.25) is 0 Å². The van der Waals surface area contributed by atoms with Crippen molar-refractivity contribution in [3.63, 3.8) is 0 Å². The monoisotopic (exact) mass is 210 g/mol. The summed E-state index contributed by atoms with van der Waals surface area (Å²) in [4.78, 5) is 0. The molecule has 0 aliphatic carbocycles. The molecule has 2 rings (SSSR count). The van der Waals surface area contributed by atoms with Gasteiger partial charge in [0.25, 0.3) is 0 Å². The second kappa shape index (κ2) is 4.08. The van der Waals surface area contributed by atoms with E-state index in [1.165, 1.54) is 6.20 Å². The van der Waals surface area contributed by atoms with Crippen molar-refractivity contribution in [1.82, 2.24) is 10.2 Å². The van der Waals surface area contributed by atoms with Crippen LogP contribution in [0.1, 0.15) is 0 Å². The average Bonchev–Trinajstić information content (AvgIpc) is 2.66. The highest BCUT2D eigenvalue weighted by atomic mass is 19.3. The first-order valence-corrected chi connectivity index (χ1v) is 4.31. The van der Waals surface area contributed by atoms with Crippen LogP contribution in [-0.4, -0.2) is 16.8 Å². The summed E-state index contributed by atoms with van der Waals surface area (Å²) in [7, 11) is 0. The predicted octanol–water partition coefficient (Wildman–Crippen LogP) is 2.68. The van der Waals surface area contributed by atoms with Gasteiger partial charge in [0, 0.05) is 0 Å². The van der Waals surface area contributed by atoms with E-state index < -0.39 is 6.61 Å². The Morgan fingerprint density at radius 2 is 1.93 bits per heavy atom. The van der Waals surface area contributed by atoms with Crippen molar-refractivity contribution in [3.05, 3.63) is 36.5 Å². The highest BCUT2D eigenvalue weighted by Gasteiger charge is 2.12. The zero-order valence-corrected chi connectivity index (χ0v) is 7.65. The molecule has 78 valence electrons. The summed E-state index contributed by atoms with van der Waals surface area (Å²) in [5.74, 6) is -0.0174. The minimum Gasteiger partial charge on any atom is -0.417 e. The molecule has 0 bridgehead atoms. The molecule has 0 spiro atoms. The van der Waals surface area contributed by atoms with Gasteiger partial charge in [0.1, 0.15) is 0 Å². The first kappa shape index (κ1) is 9.64. The number of nitrogens with one attached hydrogen (secondary N) is 1. The van der Waals surface area contributed by atoms with Gasteiger partial charge in [-0.2, -0.15) is 13.9 Å². The van der Waals surface area contributed by atoms with Crippen molar-refractivity contribution in [2.75, 3.05) is 0 Å². The largest absolute Gasteiger partial charge is 0.417 e. The number of ether oxygens (including phenoxy) is 1. The second-order valence-corrected chi connectivity index (χ2v) is 2.86. The fraction of sp³-hybridized carbons (Fsp3) is 0.100. The maximum absolute atomic E-state index is 12.0. The summed E-state index contributed by atoms with van der Waals surface area (Å²) in [6.45, 7) is -2.85. The third-order valence-electron chi connectivity index (χ3n) is 1.90.